The van der Waals surface area contributed by atoms with Gasteiger partial charge in [-0.05, 0) is 68.7 Å². The van der Waals surface area contributed by atoms with Crippen LogP contribution in [0.15, 0.2) is 170 Å². The lowest BCUT2D eigenvalue weighted by atomic mass is 9.80. The summed E-state index contributed by atoms with van der Waals surface area (Å²) in [5.74, 6) is -0.206. The first-order chi connectivity index (χ1) is 32.2. The molecule has 0 spiro atoms. The summed E-state index contributed by atoms with van der Waals surface area (Å²) in [6, 6.07) is 25.5. The van der Waals surface area contributed by atoms with Crippen LogP contribution in [0.2, 0.25) is 0 Å². The van der Waals surface area contributed by atoms with Gasteiger partial charge in [0.25, 0.3) is 0 Å². The lowest BCUT2D eigenvalue weighted by molar-refractivity contribution is 0.666. The van der Waals surface area contributed by atoms with Crippen molar-refractivity contribution >= 4 is 21.8 Å². The Balaban J connectivity index is 1.41. The molecule has 246 valence electrons. The Morgan fingerprint density at radius 3 is 1.75 bits per heavy atom. The van der Waals surface area contributed by atoms with Crippen LogP contribution in [0.1, 0.15) is 46.8 Å². The minimum atomic E-state index is -3.68. The summed E-state index contributed by atoms with van der Waals surface area (Å²) in [6.45, 7) is -7.36. The van der Waals surface area contributed by atoms with Gasteiger partial charge in [-0.1, -0.05) is 159 Å². The van der Waals surface area contributed by atoms with E-state index in [4.69, 9.17) is 31.4 Å². The Kier molecular flexibility index (Phi) is 4.06. The van der Waals surface area contributed by atoms with Gasteiger partial charge in [0.05, 0.1) is 24.7 Å². The Morgan fingerprint density at radius 2 is 1.10 bits per heavy atom. The molecule has 2 aromatic heterocycles. The van der Waals surface area contributed by atoms with Crippen molar-refractivity contribution in [2.24, 2.45) is 0 Å². The minimum Gasteiger partial charge on any atom is -0.278 e. The predicted octanol–water partition coefficient (Wildman–Crippen LogP) is 11.9. The second-order valence-electron chi connectivity index (χ2n) is 12.5. The van der Waals surface area contributed by atoms with Crippen LogP contribution < -0.4 is 0 Å². The number of hydrogen-bond acceptors (Lipinski definition) is 3. The zero-order valence-corrected chi connectivity index (χ0v) is 27.2. The smallest absolute Gasteiger partial charge is 0.238 e. The topological polar surface area (TPSA) is 43.6 Å². The quantitative estimate of drug-likeness (QED) is 0.181. The molecule has 0 fully saturated rings. The maximum absolute atomic E-state index is 9.74. The van der Waals surface area contributed by atoms with Gasteiger partial charge >= 0.3 is 0 Å². The van der Waals surface area contributed by atoms with E-state index in [0.717, 1.165) is 26.8 Å². The Bertz CT molecular complexity index is 3490. The summed E-state index contributed by atoms with van der Waals surface area (Å²) in [7, 11) is 0. The van der Waals surface area contributed by atoms with Gasteiger partial charge in [-0.25, -0.2) is 4.98 Å². The van der Waals surface area contributed by atoms with E-state index in [2.05, 4.69) is 0 Å². The highest BCUT2D eigenvalue weighted by Crippen LogP contribution is 2.53. The SMILES string of the molecule is [2H]c1c([2H])c([2H])c2c(c1[2H])-c1c([2H])c([2H])c3c(c1C2(C([2H])([2H])[2H])C([2H])([2H])[2H])c1c([2H])c([2H])c([2H])c([2H])c1n3-c1nc(-c2cccc(-c3ccccc3)c2)nc(-c2cccc(-c3ccccc3)c2)n1. The molecular weight excluding hydrogens is 633 g/mol. The summed E-state index contributed by atoms with van der Waals surface area (Å²) in [5.41, 5.74) is -2.66. The van der Waals surface area contributed by atoms with Crippen LogP contribution in [0.3, 0.4) is 0 Å². The average molecular weight is 683 g/mol. The van der Waals surface area contributed by atoms with Gasteiger partial charge in [-0.3, -0.25) is 4.57 Å². The van der Waals surface area contributed by atoms with E-state index in [1.807, 2.05) is 84.9 Å². The summed E-state index contributed by atoms with van der Waals surface area (Å²) in [5, 5.41) is -0.943. The number of nitrogens with zero attached hydrogens (tertiary/aromatic N) is 4. The third kappa shape index (κ3) is 4.72. The Hall–Kier alpha value is -6.65. The number of para-hydroxylation sites is 1. The fourth-order valence-corrected chi connectivity index (χ4v) is 7.00. The van der Waals surface area contributed by atoms with Crippen molar-refractivity contribution in [2.75, 3.05) is 0 Å². The van der Waals surface area contributed by atoms with Crippen molar-refractivity contribution in [3.05, 3.63) is 181 Å². The van der Waals surface area contributed by atoms with E-state index in [9.17, 15) is 5.48 Å². The standard InChI is InChI=1S/C48H34N4/c1-48(2)40-25-11-9-23-37(40)38-27-28-42-43(44(38)48)39-24-10-12-26-41(39)52(42)47-50-45(35-21-13-19-33(29-35)31-15-5-3-6-16-31)49-46(51-47)36-22-14-20-34(30-36)32-17-7-4-8-18-32/h3-30H,1-2H3/i1D3,2D3,9D,10D,11D,12D,23D,24D,25D,26D,27D,28D. The fraction of sp³-hybridized carbons (Fsp3) is 0.0625. The molecule has 9 aromatic rings. The van der Waals surface area contributed by atoms with Crippen LogP contribution in [0.4, 0.5) is 0 Å². The monoisotopic (exact) mass is 682 g/mol. The van der Waals surface area contributed by atoms with E-state index >= 15 is 0 Å². The molecule has 0 aliphatic heterocycles. The summed E-state index contributed by atoms with van der Waals surface area (Å²) in [4.78, 5) is 14.8. The van der Waals surface area contributed by atoms with Crippen LogP contribution in [0.25, 0.3) is 83.9 Å². The van der Waals surface area contributed by atoms with E-state index in [1.165, 1.54) is 0 Å². The molecule has 0 unspecified atom stereocenters. The van der Waals surface area contributed by atoms with E-state index in [0.29, 0.717) is 11.1 Å². The van der Waals surface area contributed by atoms with Crippen LogP contribution in [0.5, 0.6) is 0 Å². The zero-order valence-electron chi connectivity index (χ0n) is 43.2. The maximum Gasteiger partial charge on any atom is 0.238 e. The lowest BCUT2D eigenvalue weighted by Crippen LogP contribution is -2.15. The van der Waals surface area contributed by atoms with Crippen molar-refractivity contribution in [1.29, 1.82) is 0 Å². The van der Waals surface area contributed by atoms with E-state index < -0.39 is 124 Å². The van der Waals surface area contributed by atoms with Crippen LogP contribution >= 0.6 is 0 Å². The van der Waals surface area contributed by atoms with Gasteiger partial charge in [0.15, 0.2) is 11.6 Å². The molecule has 52 heavy (non-hydrogen) atoms. The number of fused-ring (bicyclic) bond motifs is 7. The van der Waals surface area contributed by atoms with Crippen LogP contribution in [-0.4, -0.2) is 19.5 Å². The highest BCUT2D eigenvalue weighted by Gasteiger charge is 2.38. The lowest BCUT2D eigenvalue weighted by Gasteiger charge is -2.22. The normalized spacial score (nSPS) is 17.8. The van der Waals surface area contributed by atoms with Crippen molar-refractivity contribution in [2.45, 2.75) is 19.1 Å². The van der Waals surface area contributed by atoms with Crippen molar-refractivity contribution in [3.8, 4) is 62.1 Å². The maximum atomic E-state index is 9.74. The predicted molar refractivity (Wildman–Crippen MR) is 213 cm³/mol. The van der Waals surface area contributed by atoms with Crippen molar-refractivity contribution in [1.82, 2.24) is 19.5 Å². The van der Waals surface area contributed by atoms with Gasteiger partial charge in [0.2, 0.25) is 5.95 Å². The second kappa shape index (κ2) is 11.7. The first kappa shape index (κ1) is 18.0. The molecular formula is C48H34N4. The molecule has 0 radical (unpaired) electrons. The molecule has 4 nitrogen and oxygen atoms in total. The molecule has 2 heterocycles. The largest absolute Gasteiger partial charge is 0.278 e. The van der Waals surface area contributed by atoms with Gasteiger partial charge in [-0.2, -0.15) is 9.97 Å². The second-order valence-corrected chi connectivity index (χ2v) is 12.5. The Labute approximate surface area is 325 Å². The van der Waals surface area contributed by atoms with Crippen LogP contribution in [-0.2, 0) is 5.41 Å². The van der Waals surface area contributed by atoms with E-state index in [-0.39, 0.29) is 17.6 Å². The van der Waals surface area contributed by atoms with Crippen molar-refractivity contribution < 1.29 is 21.9 Å². The van der Waals surface area contributed by atoms with Gasteiger partial charge < -0.3 is 0 Å². The molecule has 4 heteroatoms. The molecule has 1 aliphatic rings. The molecule has 10 rings (SSSR count). The molecule has 0 atom stereocenters. The first-order valence-electron chi connectivity index (χ1n) is 24.5. The third-order valence-corrected chi connectivity index (χ3v) is 9.37. The molecule has 0 N–H and O–H groups in total. The first-order valence-corrected chi connectivity index (χ1v) is 16.5. The molecule has 1 aliphatic carbocycles. The molecule has 0 bridgehead atoms. The van der Waals surface area contributed by atoms with Gasteiger partial charge in [0, 0.05) is 35.5 Å². The fourth-order valence-electron chi connectivity index (χ4n) is 7.00. The molecule has 0 saturated carbocycles. The van der Waals surface area contributed by atoms with Gasteiger partial charge in [0.1, 0.15) is 0 Å². The molecule has 0 amide bonds. The minimum absolute atomic E-state index is 0.0675. The highest BCUT2D eigenvalue weighted by molar-refractivity contribution is 6.14. The number of rotatable bonds is 5. The molecule has 0 saturated heterocycles. The highest BCUT2D eigenvalue weighted by atomic mass is 15.2. The Morgan fingerprint density at radius 1 is 0.519 bits per heavy atom. The zero-order chi connectivity index (χ0) is 48.5. The summed E-state index contributed by atoms with van der Waals surface area (Å²) < 4.78 is 147. The van der Waals surface area contributed by atoms with Gasteiger partial charge in [-0.15, -0.1) is 0 Å². The number of benzene rings is 7. The van der Waals surface area contributed by atoms with E-state index in [1.54, 1.807) is 24.3 Å². The number of hydrogen-bond donors (Lipinski definition) is 0. The summed E-state index contributed by atoms with van der Waals surface area (Å²) >= 11 is 0. The summed E-state index contributed by atoms with van der Waals surface area (Å²) in [6.07, 6.45) is 0. The average Bonchev–Trinajstić information content (AvgIpc) is 3.87. The van der Waals surface area contributed by atoms with Crippen LogP contribution in [0, 0.1) is 0 Å². The molecule has 7 aromatic carbocycles. The third-order valence-electron chi connectivity index (χ3n) is 9.37. The number of aromatic nitrogens is 4. The van der Waals surface area contributed by atoms with Crippen molar-refractivity contribution in [3.63, 3.8) is 0 Å².